The Bertz CT molecular complexity index is 552. The molecule has 0 saturated carbocycles. The minimum atomic E-state index is -1.26. The lowest BCUT2D eigenvalue weighted by atomic mass is 10.1. The van der Waals surface area contributed by atoms with E-state index in [-0.39, 0.29) is 11.1 Å². The minimum Gasteiger partial charge on any atom is -0.478 e. The Morgan fingerprint density at radius 2 is 1.09 bits per heavy atom. The van der Waals surface area contributed by atoms with Crippen LogP contribution in [0.25, 0.3) is 0 Å². The second-order valence-electron chi connectivity index (χ2n) is 3.57. The van der Waals surface area contributed by atoms with E-state index in [1.807, 2.05) is 6.92 Å². The van der Waals surface area contributed by atoms with Crippen molar-refractivity contribution < 1.29 is 39.6 Å². The van der Waals surface area contributed by atoms with Gasteiger partial charge >= 0.3 is 23.9 Å². The predicted octanol–water partition coefficient (Wildman–Crippen LogP) is 1.99. The van der Waals surface area contributed by atoms with Gasteiger partial charge in [-0.2, -0.15) is 0 Å². The van der Waals surface area contributed by atoms with Gasteiger partial charge < -0.3 is 20.4 Å². The second-order valence-corrected chi connectivity index (χ2v) is 3.57. The van der Waals surface area contributed by atoms with Gasteiger partial charge in [0, 0.05) is 12.2 Å². The van der Waals surface area contributed by atoms with E-state index in [0.717, 1.165) is 0 Å². The molecule has 0 aromatic heterocycles. The van der Waals surface area contributed by atoms with Crippen molar-refractivity contribution >= 4 is 23.9 Å². The van der Waals surface area contributed by atoms with Crippen LogP contribution in [0.2, 0.25) is 0 Å². The second kappa shape index (κ2) is 12.3. The Hall–Kier alpha value is -3.42. The van der Waals surface area contributed by atoms with Crippen LogP contribution in [-0.2, 0) is 9.59 Å². The summed E-state index contributed by atoms with van der Waals surface area (Å²) < 4.78 is 0. The number of carboxylic acid groups (broad SMARTS) is 4. The maximum absolute atomic E-state index is 10.5. The fourth-order valence-electron chi connectivity index (χ4n) is 0.999. The molecule has 1 aromatic carbocycles. The molecule has 1 aromatic rings. The predicted molar refractivity (Wildman–Crippen MR) is 80.6 cm³/mol. The molecule has 0 atom stereocenters. The average molecular weight is 324 g/mol. The molecule has 0 radical (unpaired) electrons. The average Bonchev–Trinajstić information content (AvgIpc) is 2.46. The van der Waals surface area contributed by atoms with Crippen LogP contribution in [0.15, 0.2) is 49.1 Å². The normalized spacial score (nSPS) is 8.74. The Balaban J connectivity index is 0. The largest absolute Gasteiger partial charge is 0.478 e. The van der Waals surface area contributed by atoms with Crippen LogP contribution in [0.4, 0.5) is 0 Å². The molecule has 0 aliphatic carbocycles. The SMILES string of the molecule is C=CC.O=C(O)/C=C\C(=O)O.O=C(O)c1ccccc1C(=O)O. The van der Waals surface area contributed by atoms with Crippen molar-refractivity contribution in [2.24, 2.45) is 0 Å². The molecular formula is C15H16O8. The summed E-state index contributed by atoms with van der Waals surface area (Å²) in [5.74, 6) is -4.97. The highest BCUT2D eigenvalue weighted by atomic mass is 16.4. The summed E-state index contributed by atoms with van der Waals surface area (Å²) in [5.41, 5.74) is -0.380. The standard InChI is InChI=1S/C8H6O4.C4H4O4.C3H6/c9-7(10)5-3-1-2-4-6(5)8(11)12;5-3(6)1-2-4(7)8;1-3-2/h1-4H,(H,9,10)(H,11,12);1-2H,(H,5,6)(H,7,8);3H,1H2,2H3/b;2-1-;. The first kappa shape index (κ1) is 21.9. The van der Waals surface area contributed by atoms with Gasteiger partial charge in [-0.05, 0) is 19.1 Å². The molecule has 124 valence electrons. The number of aromatic carboxylic acids is 2. The van der Waals surface area contributed by atoms with Crippen molar-refractivity contribution in [3.63, 3.8) is 0 Å². The van der Waals surface area contributed by atoms with Crippen molar-refractivity contribution in [1.82, 2.24) is 0 Å². The highest BCUT2D eigenvalue weighted by molar-refractivity contribution is 6.01. The van der Waals surface area contributed by atoms with E-state index in [9.17, 15) is 19.2 Å². The van der Waals surface area contributed by atoms with Crippen molar-refractivity contribution in [3.8, 4) is 0 Å². The monoisotopic (exact) mass is 324 g/mol. The number of rotatable bonds is 4. The zero-order valence-electron chi connectivity index (χ0n) is 12.2. The lowest BCUT2D eigenvalue weighted by Crippen LogP contribution is -2.06. The van der Waals surface area contributed by atoms with Crippen LogP contribution in [-0.4, -0.2) is 44.3 Å². The molecule has 0 saturated heterocycles. The molecule has 8 heteroatoms. The highest BCUT2D eigenvalue weighted by Gasteiger charge is 2.13. The maximum Gasteiger partial charge on any atom is 0.336 e. The zero-order chi connectivity index (χ0) is 18.4. The minimum absolute atomic E-state index is 0.190. The lowest BCUT2D eigenvalue weighted by molar-refractivity contribution is -0.134. The first-order chi connectivity index (χ1) is 10.7. The molecular weight excluding hydrogens is 308 g/mol. The smallest absolute Gasteiger partial charge is 0.336 e. The Kier molecular flexibility index (Phi) is 11.7. The molecule has 0 spiro atoms. The van der Waals surface area contributed by atoms with Gasteiger partial charge in [0.1, 0.15) is 0 Å². The van der Waals surface area contributed by atoms with Crippen LogP contribution in [0, 0.1) is 0 Å². The van der Waals surface area contributed by atoms with Gasteiger partial charge in [0.05, 0.1) is 11.1 Å². The van der Waals surface area contributed by atoms with E-state index in [1.54, 1.807) is 6.08 Å². The Morgan fingerprint density at radius 1 is 0.826 bits per heavy atom. The quantitative estimate of drug-likeness (QED) is 0.485. The third-order valence-electron chi connectivity index (χ3n) is 1.76. The van der Waals surface area contributed by atoms with E-state index in [0.29, 0.717) is 12.2 Å². The number of aliphatic carboxylic acids is 2. The van der Waals surface area contributed by atoms with Gasteiger partial charge in [-0.15, -0.1) is 6.58 Å². The molecule has 0 unspecified atom stereocenters. The number of benzene rings is 1. The molecule has 0 aliphatic heterocycles. The van der Waals surface area contributed by atoms with Crippen LogP contribution in [0.3, 0.4) is 0 Å². The molecule has 0 bridgehead atoms. The number of hydrogen-bond donors (Lipinski definition) is 4. The number of carbonyl (C=O) groups is 4. The van der Waals surface area contributed by atoms with Crippen LogP contribution in [0.1, 0.15) is 27.6 Å². The van der Waals surface area contributed by atoms with E-state index in [4.69, 9.17) is 20.4 Å². The fourth-order valence-corrected chi connectivity index (χ4v) is 0.999. The first-order valence-electron chi connectivity index (χ1n) is 5.93. The van der Waals surface area contributed by atoms with Crippen LogP contribution >= 0.6 is 0 Å². The third-order valence-corrected chi connectivity index (χ3v) is 1.76. The van der Waals surface area contributed by atoms with Crippen molar-refractivity contribution in [2.75, 3.05) is 0 Å². The molecule has 0 fully saturated rings. The fraction of sp³-hybridized carbons (Fsp3) is 0.0667. The van der Waals surface area contributed by atoms with Gasteiger partial charge in [0.15, 0.2) is 0 Å². The maximum atomic E-state index is 10.5. The molecule has 0 aliphatic rings. The van der Waals surface area contributed by atoms with Gasteiger partial charge in [-0.25, -0.2) is 19.2 Å². The number of allylic oxidation sites excluding steroid dienone is 1. The van der Waals surface area contributed by atoms with Crippen molar-refractivity contribution in [2.45, 2.75) is 6.92 Å². The summed E-state index contributed by atoms with van der Waals surface area (Å²) >= 11 is 0. The third kappa shape index (κ3) is 12.1. The van der Waals surface area contributed by atoms with E-state index in [2.05, 4.69) is 6.58 Å². The molecule has 8 nitrogen and oxygen atoms in total. The van der Waals surface area contributed by atoms with E-state index >= 15 is 0 Å². The van der Waals surface area contributed by atoms with Gasteiger partial charge in [0.2, 0.25) is 0 Å². The van der Waals surface area contributed by atoms with E-state index in [1.165, 1.54) is 24.3 Å². The summed E-state index contributed by atoms with van der Waals surface area (Å²) in [7, 11) is 0. The molecule has 0 heterocycles. The summed E-state index contributed by atoms with van der Waals surface area (Å²) in [6.45, 7) is 5.25. The number of hydrogen-bond acceptors (Lipinski definition) is 4. The summed E-state index contributed by atoms with van der Waals surface area (Å²) in [6.07, 6.45) is 2.87. The molecule has 1 rings (SSSR count). The van der Waals surface area contributed by atoms with Crippen LogP contribution in [0.5, 0.6) is 0 Å². The van der Waals surface area contributed by atoms with Gasteiger partial charge in [0.25, 0.3) is 0 Å². The summed E-state index contributed by atoms with van der Waals surface area (Å²) in [5, 5.41) is 32.7. The summed E-state index contributed by atoms with van der Waals surface area (Å²) in [4.78, 5) is 40.0. The number of carboxylic acids is 4. The first-order valence-corrected chi connectivity index (χ1v) is 5.93. The molecule has 0 amide bonds. The topological polar surface area (TPSA) is 149 Å². The Labute approximate surface area is 131 Å². The van der Waals surface area contributed by atoms with E-state index < -0.39 is 23.9 Å². The Morgan fingerprint density at radius 3 is 1.26 bits per heavy atom. The van der Waals surface area contributed by atoms with Crippen LogP contribution < -0.4 is 0 Å². The lowest BCUT2D eigenvalue weighted by Gasteiger charge is -1.98. The zero-order valence-corrected chi connectivity index (χ0v) is 12.2. The highest BCUT2D eigenvalue weighted by Crippen LogP contribution is 2.07. The van der Waals surface area contributed by atoms with Gasteiger partial charge in [-0.3, -0.25) is 0 Å². The molecule has 23 heavy (non-hydrogen) atoms. The van der Waals surface area contributed by atoms with Crippen molar-refractivity contribution in [1.29, 1.82) is 0 Å². The summed E-state index contributed by atoms with van der Waals surface area (Å²) in [6, 6.07) is 5.48. The van der Waals surface area contributed by atoms with Crippen molar-refractivity contribution in [3.05, 3.63) is 60.2 Å². The molecule has 4 N–H and O–H groups in total. The van der Waals surface area contributed by atoms with Gasteiger partial charge in [-0.1, -0.05) is 18.2 Å².